The molecule has 0 bridgehead atoms. The second kappa shape index (κ2) is 10.2. The third-order valence-electron chi connectivity index (χ3n) is 4.08. The zero-order chi connectivity index (χ0) is 13.9. The van der Waals surface area contributed by atoms with Gasteiger partial charge in [-0.05, 0) is 51.1 Å². The van der Waals surface area contributed by atoms with Gasteiger partial charge in [-0.3, -0.25) is 4.79 Å². The number of unbranched alkanes of at least 4 members (excludes halogenated alkanes) is 2. The number of carbonyl (C=O) groups excluding carboxylic acids is 1. The van der Waals surface area contributed by atoms with Gasteiger partial charge in [-0.2, -0.15) is 0 Å². The molecule has 1 rings (SSSR count). The van der Waals surface area contributed by atoms with E-state index < -0.39 is 0 Å². The van der Waals surface area contributed by atoms with Gasteiger partial charge in [-0.1, -0.05) is 26.7 Å². The minimum atomic E-state index is 0.382. The van der Waals surface area contributed by atoms with Crippen LogP contribution in [-0.4, -0.2) is 37.0 Å². The van der Waals surface area contributed by atoms with Gasteiger partial charge in [-0.15, -0.1) is 0 Å². The van der Waals surface area contributed by atoms with Gasteiger partial charge >= 0.3 is 0 Å². The van der Waals surface area contributed by atoms with Crippen molar-refractivity contribution in [1.82, 2.24) is 10.2 Å². The highest BCUT2D eigenvalue weighted by Crippen LogP contribution is 2.17. The number of carbonyl (C=O) groups is 1. The van der Waals surface area contributed by atoms with Crippen LogP contribution in [0.1, 0.15) is 65.2 Å². The summed E-state index contributed by atoms with van der Waals surface area (Å²) >= 11 is 0. The Hall–Kier alpha value is -0.570. The van der Waals surface area contributed by atoms with Gasteiger partial charge in [0.05, 0.1) is 0 Å². The molecule has 0 aliphatic carbocycles. The second-order valence-electron chi connectivity index (χ2n) is 5.84. The van der Waals surface area contributed by atoms with Crippen LogP contribution in [0.2, 0.25) is 0 Å². The fraction of sp³-hybridized carbons (Fsp3) is 0.938. The molecule has 0 spiro atoms. The molecule has 1 N–H and O–H groups in total. The summed E-state index contributed by atoms with van der Waals surface area (Å²) < 4.78 is 0. The maximum atomic E-state index is 12.3. The quantitative estimate of drug-likeness (QED) is 0.696. The predicted octanol–water partition coefficient (Wildman–Crippen LogP) is 3.20. The maximum Gasteiger partial charge on any atom is 0.222 e. The van der Waals surface area contributed by atoms with E-state index in [0.717, 1.165) is 57.8 Å². The van der Waals surface area contributed by atoms with Crippen molar-refractivity contribution in [2.24, 2.45) is 5.92 Å². The van der Waals surface area contributed by atoms with Crippen LogP contribution in [0.5, 0.6) is 0 Å². The Kier molecular flexibility index (Phi) is 8.89. The number of nitrogens with one attached hydrogen (secondary N) is 1. The molecule has 1 aliphatic rings. The van der Waals surface area contributed by atoms with E-state index in [1.54, 1.807) is 0 Å². The van der Waals surface area contributed by atoms with E-state index in [1.807, 2.05) is 0 Å². The van der Waals surface area contributed by atoms with Gasteiger partial charge in [0.15, 0.2) is 0 Å². The van der Waals surface area contributed by atoms with Crippen LogP contribution in [0.15, 0.2) is 0 Å². The van der Waals surface area contributed by atoms with E-state index in [0.29, 0.717) is 5.91 Å². The molecule has 3 heteroatoms. The first-order chi connectivity index (χ1) is 9.27. The van der Waals surface area contributed by atoms with Crippen LogP contribution in [0.3, 0.4) is 0 Å². The molecule has 1 atom stereocenters. The lowest BCUT2D eigenvalue weighted by atomic mass is 9.94. The lowest BCUT2D eigenvalue weighted by molar-refractivity contribution is -0.131. The fourth-order valence-corrected chi connectivity index (χ4v) is 2.72. The highest BCUT2D eigenvalue weighted by molar-refractivity contribution is 5.76. The van der Waals surface area contributed by atoms with Crippen molar-refractivity contribution in [2.75, 3.05) is 26.2 Å². The van der Waals surface area contributed by atoms with Crippen molar-refractivity contribution in [2.45, 2.75) is 65.2 Å². The van der Waals surface area contributed by atoms with Gasteiger partial charge in [0.1, 0.15) is 0 Å². The molecule has 1 amide bonds. The highest BCUT2D eigenvalue weighted by atomic mass is 16.2. The molecule has 0 saturated carbocycles. The summed E-state index contributed by atoms with van der Waals surface area (Å²) in [5, 5.41) is 3.43. The second-order valence-corrected chi connectivity index (χ2v) is 5.84. The normalized spacial score (nSPS) is 19.4. The molecular weight excluding hydrogens is 236 g/mol. The van der Waals surface area contributed by atoms with Crippen molar-refractivity contribution in [3.8, 4) is 0 Å². The minimum Gasteiger partial charge on any atom is -0.343 e. The predicted molar refractivity (Wildman–Crippen MR) is 81.2 cm³/mol. The van der Waals surface area contributed by atoms with Gasteiger partial charge in [-0.25, -0.2) is 0 Å². The Morgan fingerprint density at radius 3 is 2.42 bits per heavy atom. The summed E-state index contributed by atoms with van der Waals surface area (Å²) in [6.07, 6.45) is 9.00. The molecule has 0 aromatic heterocycles. The van der Waals surface area contributed by atoms with Gasteiger partial charge in [0.2, 0.25) is 5.91 Å². The summed E-state index contributed by atoms with van der Waals surface area (Å²) in [4.78, 5) is 14.4. The van der Waals surface area contributed by atoms with Crippen LogP contribution in [0.4, 0.5) is 0 Å². The average molecular weight is 268 g/mol. The number of rotatable bonds is 9. The molecular formula is C16H32N2O. The first kappa shape index (κ1) is 16.5. The molecule has 112 valence electrons. The Morgan fingerprint density at radius 1 is 1.21 bits per heavy atom. The third-order valence-corrected chi connectivity index (χ3v) is 4.08. The van der Waals surface area contributed by atoms with E-state index in [4.69, 9.17) is 0 Å². The number of amides is 1. The van der Waals surface area contributed by atoms with Crippen LogP contribution in [-0.2, 0) is 4.79 Å². The summed E-state index contributed by atoms with van der Waals surface area (Å²) in [6.45, 7) is 8.56. The number of hydrogen-bond acceptors (Lipinski definition) is 2. The highest BCUT2D eigenvalue weighted by Gasteiger charge is 2.17. The third kappa shape index (κ3) is 6.95. The van der Waals surface area contributed by atoms with Gasteiger partial charge in [0, 0.05) is 19.5 Å². The van der Waals surface area contributed by atoms with Crippen molar-refractivity contribution in [3.63, 3.8) is 0 Å². The summed E-state index contributed by atoms with van der Waals surface area (Å²) in [5.74, 6) is 1.10. The zero-order valence-corrected chi connectivity index (χ0v) is 12.9. The number of nitrogens with zero attached hydrogens (tertiary/aromatic N) is 1. The minimum absolute atomic E-state index is 0.382. The van der Waals surface area contributed by atoms with Gasteiger partial charge < -0.3 is 10.2 Å². The Morgan fingerprint density at radius 2 is 1.89 bits per heavy atom. The first-order valence-electron chi connectivity index (χ1n) is 8.26. The van der Waals surface area contributed by atoms with E-state index in [-0.39, 0.29) is 0 Å². The molecule has 1 saturated heterocycles. The van der Waals surface area contributed by atoms with E-state index in [9.17, 15) is 4.79 Å². The summed E-state index contributed by atoms with van der Waals surface area (Å²) in [6, 6.07) is 0. The van der Waals surface area contributed by atoms with Crippen molar-refractivity contribution < 1.29 is 4.79 Å². The summed E-state index contributed by atoms with van der Waals surface area (Å²) in [5.41, 5.74) is 0. The number of piperidine rings is 1. The fourth-order valence-electron chi connectivity index (χ4n) is 2.72. The maximum absolute atomic E-state index is 12.3. The molecule has 0 radical (unpaired) electrons. The lowest BCUT2D eigenvalue weighted by Gasteiger charge is -2.25. The van der Waals surface area contributed by atoms with Gasteiger partial charge in [0.25, 0.3) is 0 Å². The molecule has 1 aliphatic heterocycles. The van der Waals surface area contributed by atoms with Crippen LogP contribution < -0.4 is 5.32 Å². The first-order valence-corrected chi connectivity index (χ1v) is 8.26. The Bertz CT molecular complexity index is 229. The SMILES string of the molecule is CCCCN(CCCC)C(=O)CCC1CCCNC1. The van der Waals surface area contributed by atoms with Crippen molar-refractivity contribution in [1.29, 1.82) is 0 Å². The standard InChI is InChI=1S/C16H32N2O/c1-3-5-12-18(13-6-4-2)16(19)10-9-15-8-7-11-17-14-15/h15,17H,3-14H2,1-2H3. The van der Waals surface area contributed by atoms with E-state index >= 15 is 0 Å². The molecule has 3 nitrogen and oxygen atoms in total. The van der Waals surface area contributed by atoms with E-state index in [1.165, 1.54) is 25.7 Å². The zero-order valence-electron chi connectivity index (χ0n) is 12.9. The molecule has 0 aromatic rings. The van der Waals surface area contributed by atoms with Crippen LogP contribution in [0, 0.1) is 5.92 Å². The largest absolute Gasteiger partial charge is 0.343 e. The lowest BCUT2D eigenvalue weighted by Crippen LogP contribution is -2.34. The Labute approximate surface area is 119 Å². The Balaban J connectivity index is 2.28. The average Bonchev–Trinajstić information content (AvgIpc) is 2.46. The molecule has 1 heterocycles. The monoisotopic (exact) mass is 268 g/mol. The van der Waals surface area contributed by atoms with Crippen LogP contribution >= 0.6 is 0 Å². The van der Waals surface area contributed by atoms with Crippen LogP contribution in [0.25, 0.3) is 0 Å². The molecule has 1 unspecified atom stereocenters. The smallest absolute Gasteiger partial charge is 0.222 e. The topological polar surface area (TPSA) is 32.3 Å². The summed E-state index contributed by atoms with van der Waals surface area (Å²) in [7, 11) is 0. The molecule has 1 fully saturated rings. The molecule has 0 aromatic carbocycles. The van der Waals surface area contributed by atoms with E-state index in [2.05, 4.69) is 24.1 Å². The van der Waals surface area contributed by atoms with Crippen molar-refractivity contribution >= 4 is 5.91 Å². The number of hydrogen-bond donors (Lipinski definition) is 1. The van der Waals surface area contributed by atoms with Crippen molar-refractivity contribution in [3.05, 3.63) is 0 Å². The molecule has 19 heavy (non-hydrogen) atoms.